The lowest BCUT2D eigenvalue weighted by atomic mass is 10.0. The molecule has 2 rings (SSSR count). The Hall–Kier alpha value is -1.28. The van der Waals surface area contributed by atoms with Crippen molar-refractivity contribution >= 4 is 21.6 Å². The molecule has 2 aromatic rings. The van der Waals surface area contributed by atoms with Crippen LogP contribution in [0.25, 0.3) is 11.1 Å². The Balaban J connectivity index is 2.45. The lowest BCUT2D eigenvalue weighted by molar-refractivity contribution is 1.43. The number of benzene rings is 2. The van der Waals surface area contributed by atoms with Crippen molar-refractivity contribution in [2.24, 2.45) is 0 Å². The molecule has 0 saturated heterocycles. The van der Waals surface area contributed by atoms with E-state index in [4.69, 9.17) is 5.73 Å². The smallest absolute Gasteiger partial charge is 0.0314 e. The normalized spacial score (nSPS) is 10.3. The first-order valence-electron chi connectivity index (χ1n) is 4.79. The van der Waals surface area contributed by atoms with Crippen LogP contribution in [0.3, 0.4) is 0 Å². The van der Waals surface area contributed by atoms with Gasteiger partial charge in [0.25, 0.3) is 0 Å². The van der Waals surface area contributed by atoms with Crippen LogP contribution in [0.1, 0.15) is 5.56 Å². The molecule has 0 fully saturated rings. The predicted molar refractivity (Wildman–Crippen MR) is 68.7 cm³/mol. The highest BCUT2D eigenvalue weighted by Crippen LogP contribution is 2.25. The van der Waals surface area contributed by atoms with E-state index >= 15 is 0 Å². The molecule has 0 aliphatic rings. The van der Waals surface area contributed by atoms with Crippen LogP contribution in [-0.4, -0.2) is 0 Å². The summed E-state index contributed by atoms with van der Waals surface area (Å²) in [7, 11) is 0. The van der Waals surface area contributed by atoms with E-state index in [2.05, 4.69) is 41.1 Å². The Morgan fingerprint density at radius 3 is 2.13 bits per heavy atom. The number of nitrogens with two attached hydrogens (primary N) is 1. The van der Waals surface area contributed by atoms with Gasteiger partial charge in [-0.1, -0.05) is 40.2 Å². The molecule has 15 heavy (non-hydrogen) atoms. The zero-order chi connectivity index (χ0) is 10.8. The second kappa shape index (κ2) is 4.07. The molecular weight excluding hydrogens is 250 g/mol. The lowest BCUT2D eigenvalue weighted by Gasteiger charge is -2.04. The van der Waals surface area contributed by atoms with Crippen molar-refractivity contribution in [2.75, 3.05) is 5.73 Å². The maximum atomic E-state index is 5.65. The molecule has 0 atom stereocenters. The summed E-state index contributed by atoms with van der Waals surface area (Å²) in [6.45, 7) is 2.09. The van der Waals surface area contributed by atoms with Crippen LogP contribution < -0.4 is 5.73 Å². The molecule has 0 aliphatic heterocycles. The van der Waals surface area contributed by atoms with Crippen molar-refractivity contribution < 1.29 is 0 Å². The fourth-order valence-electron chi connectivity index (χ4n) is 1.50. The third-order valence-corrected chi connectivity index (χ3v) is 3.29. The molecule has 2 N–H and O–H groups in total. The second-order valence-electron chi connectivity index (χ2n) is 3.59. The van der Waals surface area contributed by atoms with E-state index in [1.807, 2.05) is 24.3 Å². The highest BCUT2D eigenvalue weighted by Gasteiger charge is 1.99. The number of halogens is 1. The number of aryl methyl sites for hydroxylation is 1. The van der Waals surface area contributed by atoms with Crippen molar-refractivity contribution in [2.45, 2.75) is 6.92 Å². The van der Waals surface area contributed by atoms with E-state index in [9.17, 15) is 0 Å². The Bertz CT molecular complexity index is 474. The molecule has 0 bridgehead atoms. The minimum absolute atomic E-state index is 0.799. The van der Waals surface area contributed by atoms with Crippen LogP contribution in [-0.2, 0) is 0 Å². The van der Waals surface area contributed by atoms with Crippen molar-refractivity contribution in [3.05, 3.63) is 52.5 Å². The first-order chi connectivity index (χ1) is 7.16. The average Bonchev–Trinajstić information content (AvgIpc) is 2.23. The maximum absolute atomic E-state index is 5.65. The molecule has 76 valence electrons. The monoisotopic (exact) mass is 261 g/mol. The summed E-state index contributed by atoms with van der Waals surface area (Å²) >= 11 is 3.49. The second-order valence-corrected chi connectivity index (χ2v) is 4.44. The topological polar surface area (TPSA) is 26.0 Å². The highest BCUT2D eigenvalue weighted by molar-refractivity contribution is 9.10. The van der Waals surface area contributed by atoms with Gasteiger partial charge < -0.3 is 5.73 Å². The molecule has 2 aromatic carbocycles. The standard InChI is InChI=1S/C13H12BrN/c1-9-8-11(4-7-13(9)14)10-2-5-12(15)6-3-10/h2-8H,15H2,1H3. The first-order valence-corrected chi connectivity index (χ1v) is 5.58. The lowest BCUT2D eigenvalue weighted by Crippen LogP contribution is -1.84. The van der Waals surface area contributed by atoms with E-state index < -0.39 is 0 Å². The predicted octanol–water partition coefficient (Wildman–Crippen LogP) is 4.01. The minimum Gasteiger partial charge on any atom is -0.399 e. The largest absolute Gasteiger partial charge is 0.399 e. The molecule has 0 amide bonds. The van der Waals surface area contributed by atoms with E-state index in [0.717, 1.165) is 10.2 Å². The van der Waals surface area contributed by atoms with Gasteiger partial charge in [0.1, 0.15) is 0 Å². The molecule has 2 heteroatoms. The summed E-state index contributed by atoms with van der Waals surface area (Å²) in [5.41, 5.74) is 10.1. The van der Waals surface area contributed by atoms with Gasteiger partial charge in [-0.15, -0.1) is 0 Å². The summed E-state index contributed by atoms with van der Waals surface area (Å²) in [6.07, 6.45) is 0. The fourth-order valence-corrected chi connectivity index (χ4v) is 1.75. The van der Waals surface area contributed by atoms with Crippen LogP contribution >= 0.6 is 15.9 Å². The first kappa shape index (κ1) is 10.2. The molecule has 0 aliphatic carbocycles. The summed E-state index contributed by atoms with van der Waals surface area (Å²) in [4.78, 5) is 0. The van der Waals surface area contributed by atoms with Gasteiger partial charge in [-0.2, -0.15) is 0 Å². The van der Waals surface area contributed by atoms with E-state index in [1.165, 1.54) is 16.7 Å². The summed E-state index contributed by atoms with van der Waals surface area (Å²) in [5, 5.41) is 0. The SMILES string of the molecule is Cc1cc(-c2ccc(N)cc2)ccc1Br. The number of hydrogen-bond acceptors (Lipinski definition) is 1. The molecule has 1 nitrogen and oxygen atoms in total. The number of anilines is 1. The van der Waals surface area contributed by atoms with Gasteiger partial charge >= 0.3 is 0 Å². The molecule has 0 radical (unpaired) electrons. The minimum atomic E-state index is 0.799. The van der Waals surface area contributed by atoms with Crippen LogP contribution in [0.15, 0.2) is 46.9 Å². The zero-order valence-corrected chi connectivity index (χ0v) is 10.1. The van der Waals surface area contributed by atoms with E-state index in [-0.39, 0.29) is 0 Å². The zero-order valence-electron chi connectivity index (χ0n) is 8.50. The van der Waals surface area contributed by atoms with Gasteiger partial charge in [0, 0.05) is 10.2 Å². The highest BCUT2D eigenvalue weighted by atomic mass is 79.9. The van der Waals surface area contributed by atoms with Gasteiger partial charge in [-0.25, -0.2) is 0 Å². The number of hydrogen-bond donors (Lipinski definition) is 1. The quantitative estimate of drug-likeness (QED) is 0.772. The number of rotatable bonds is 1. The van der Waals surface area contributed by atoms with Crippen LogP contribution in [0, 0.1) is 6.92 Å². The van der Waals surface area contributed by atoms with Gasteiger partial charge in [-0.05, 0) is 41.8 Å². The average molecular weight is 262 g/mol. The van der Waals surface area contributed by atoms with Gasteiger partial charge in [-0.3, -0.25) is 0 Å². The third-order valence-electron chi connectivity index (χ3n) is 2.40. The van der Waals surface area contributed by atoms with Crippen molar-refractivity contribution in [1.82, 2.24) is 0 Å². The van der Waals surface area contributed by atoms with Gasteiger partial charge in [0.2, 0.25) is 0 Å². The van der Waals surface area contributed by atoms with Crippen LogP contribution in [0.4, 0.5) is 5.69 Å². The molecular formula is C13H12BrN. The van der Waals surface area contributed by atoms with Crippen molar-refractivity contribution in [3.8, 4) is 11.1 Å². The summed E-state index contributed by atoms with van der Waals surface area (Å²) < 4.78 is 1.14. The van der Waals surface area contributed by atoms with E-state index in [0.29, 0.717) is 0 Å². The summed E-state index contributed by atoms with van der Waals surface area (Å²) in [5.74, 6) is 0. The molecule has 0 aromatic heterocycles. The molecule has 0 unspecified atom stereocenters. The molecule has 0 saturated carbocycles. The van der Waals surface area contributed by atoms with Gasteiger partial charge in [0.05, 0.1) is 0 Å². The third kappa shape index (κ3) is 2.21. The van der Waals surface area contributed by atoms with Crippen molar-refractivity contribution in [1.29, 1.82) is 0 Å². The van der Waals surface area contributed by atoms with Crippen molar-refractivity contribution in [3.63, 3.8) is 0 Å². The van der Waals surface area contributed by atoms with E-state index in [1.54, 1.807) is 0 Å². The Kier molecular flexibility index (Phi) is 2.78. The number of nitrogen functional groups attached to an aromatic ring is 1. The van der Waals surface area contributed by atoms with Crippen LogP contribution in [0.5, 0.6) is 0 Å². The Labute approximate surface area is 98.1 Å². The Morgan fingerprint density at radius 1 is 0.933 bits per heavy atom. The summed E-state index contributed by atoms with van der Waals surface area (Å²) in [6, 6.07) is 14.3. The van der Waals surface area contributed by atoms with Gasteiger partial charge in [0.15, 0.2) is 0 Å². The van der Waals surface area contributed by atoms with Crippen LogP contribution in [0.2, 0.25) is 0 Å². The molecule has 0 spiro atoms. The Morgan fingerprint density at radius 2 is 1.53 bits per heavy atom. The maximum Gasteiger partial charge on any atom is 0.0314 e. The fraction of sp³-hybridized carbons (Fsp3) is 0.0769. The molecule has 0 heterocycles.